The molecule has 0 radical (unpaired) electrons. The van der Waals surface area contributed by atoms with Gasteiger partial charge in [0.1, 0.15) is 0 Å². The van der Waals surface area contributed by atoms with E-state index in [2.05, 4.69) is 20.3 Å². The lowest BCUT2D eigenvalue weighted by Gasteiger charge is -2.06. The van der Waals surface area contributed by atoms with Crippen LogP contribution < -0.4 is 5.32 Å². The maximum atomic E-state index is 12.4. The quantitative estimate of drug-likeness (QED) is 0.590. The van der Waals surface area contributed by atoms with E-state index in [4.69, 9.17) is 0 Å². The van der Waals surface area contributed by atoms with Gasteiger partial charge in [-0.15, -0.1) is 0 Å². The molecule has 4 aromatic rings. The Balaban J connectivity index is 1.61. The number of nitrogens with zero attached hydrogens (tertiary/aromatic N) is 3. The molecule has 24 heavy (non-hydrogen) atoms. The zero-order valence-electron chi connectivity index (χ0n) is 12.8. The highest BCUT2D eigenvalue weighted by Crippen LogP contribution is 2.17. The Morgan fingerprint density at radius 1 is 0.833 bits per heavy atom. The second-order valence-electron chi connectivity index (χ2n) is 5.45. The standard InChI is InChI=1S/C19H14N4O/c24-19(21-12-13-7-9-20-10-8-13)14-5-6-17-18(11-14)23-16-4-2-1-3-15(16)22-17/h1-11H,12H2,(H,21,24). The number of aromatic nitrogens is 3. The first-order chi connectivity index (χ1) is 11.8. The minimum absolute atomic E-state index is 0.135. The van der Waals surface area contributed by atoms with E-state index in [9.17, 15) is 4.79 Å². The number of pyridine rings is 1. The number of amides is 1. The van der Waals surface area contributed by atoms with Crippen molar-refractivity contribution in [3.05, 3.63) is 78.1 Å². The molecule has 0 aliphatic heterocycles. The molecule has 5 nitrogen and oxygen atoms in total. The van der Waals surface area contributed by atoms with Crippen LogP contribution in [0.5, 0.6) is 0 Å². The van der Waals surface area contributed by atoms with E-state index in [1.54, 1.807) is 24.5 Å². The van der Waals surface area contributed by atoms with Gasteiger partial charge in [-0.05, 0) is 48.0 Å². The maximum Gasteiger partial charge on any atom is 0.251 e. The predicted molar refractivity (Wildman–Crippen MR) is 92.5 cm³/mol. The number of benzene rings is 2. The third kappa shape index (κ3) is 2.79. The fourth-order valence-electron chi connectivity index (χ4n) is 2.55. The van der Waals surface area contributed by atoms with Crippen molar-refractivity contribution >= 4 is 28.0 Å². The van der Waals surface area contributed by atoms with Crippen molar-refractivity contribution in [1.82, 2.24) is 20.3 Å². The number of fused-ring (bicyclic) bond motifs is 2. The van der Waals surface area contributed by atoms with Crippen molar-refractivity contribution in [2.24, 2.45) is 0 Å². The Kier molecular flexibility index (Phi) is 3.59. The Morgan fingerprint density at radius 3 is 2.25 bits per heavy atom. The topological polar surface area (TPSA) is 67.8 Å². The first-order valence-corrected chi connectivity index (χ1v) is 7.63. The molecule has 2 aromatic heterocycles. The van der Waals surface area contributed by atoms with E-state index >= 15 is 0 Å². The number of hydrogen-bond acceptors (Lipinski definition) is 4. The molecule has 0 saturated carbocycles. The summed E-state index contributed by atoms with van der Waals surface area (Å²) in [6.45, 7) is 0.461. The summed E-state index contributed by atoms with van der Waals surface area (Å²) in [4.78, 5) is 25.5. The molecule has 1 amide bonds. The summed E-state index contributed by atoms with van der Waals surface area (Å²) < 4.78 is 0. The lowest BCUT2D eigenvalue weighted by molar-refractivity contribution is 0.0951. The number of carbonyl (C=O) groups excluding carboxylic acids is 1. The van der Waals surface area contributed by atoms with E-state index in [0.29, 0.717) is 17.6 Å². The lowest BCUT2D eigenvalue weighted by Crippen LogP contribution is -2.22. The van der Waals surface area contributed by atoms with Crippen LogP contribution in [-0.2, 0) is 6.54 Å². The molecule has 0 atom stereocenters. The average Bonchev–Trinajstić information content (AvgIpc) is 2.64. The van der Waals surface area contributed by atoms with Crippen LogP contribution in [0.15, 0.2) is 67.0 Å². The van der Waals surface area contributed by atoms with Gasteiger partial charge in [-0.1, -0.05) is 12.1 Å². The third-order valence-electron chi connectivity index (χ3n) is 3.80. The summed E-state index contributed by atoms with van der Waals surface area (Å²) in [5.41, 5.74) is 4.73. The van der Waals surface area contributed by atoms with Crippen LogP contribution in [0.1, 0.15) is 15.9 Å². The first-order valence-electron chi connectivity index (χ1n) is 7.63. The summed E-state index contributed by atoms with van der Waals surface area (Å²) in [5, 5.41) is 2.90. The van der Waals surface area contributed by atoms with E-state index in [0.717, 1.165) is 22.1 Å². The molecule has 4 rings (SSSR count). The fourth-order valence-corrected chi connectivity index (χ4v) is 2.55. The molecule has 1 N–H and O–H groups in total. The van der Waals surface area contributed by atoms with Gasteiger partial charge in [0.2, 0.25) is 0 Å². The van der Waals surface area contributed by atoms with Gasteiger partial charge in [0.05, 0.1) is 22.1 Å². The zero-order valence-corrected chi connectivity index (χ0v) is 12.8. The highest BCUT2D eigenvalue weighted by Gasteiger charge is 2.08. The average molecular weight is 314 g/mol. The molecule has 0 bridgehead atoms. The Hall–Kier alpha value is -3.34. The van der Waals surface area contributed by atoms with Gasteiger partial charge in [0.15, 0.2) is 0 Å². The summed E-state index contributed by atoms with van der Waals surface area (Å²) in [5.74, 6) is -0.135. The minimum Gasteiger partial charge on any atom is -0.348 e. The van der Waals surface area contributed by atoms with Gasteiger partial charge in [0, 0.05) is 24.5 Å². The van der Waals surface area contributed by atoms with Gasteiger partial charge in [0.25, 0.3) is 5.91 Å². The number of nitrogens with one attached hydrogen (secondary N) is 1. The van der Waals surface area contributed by atoms with Crippen LogP contribution in [0.2, 0.25) is 0 Å². The number of hydrogen-bond donors (Lipinski definition) is 1. The van der Waals surface area contributed by atoms with Gasteiger partial charge < -0.3 is 5.32 Å². The molecule has 0 aliphatic rings. The zero-order chi connectivity index (χ0) is 16.4. The van der Waals surface area contributed by atoms with Gasteiger partial charge in [-0.2, -0.15) is 0 Å². The molecule has 0 saturated heterocycles. The lowest BCUT2D eigenvalue weighted by atomic mass is 10.1. The second kappa shape index (κ2) is 6.04. The van der Waals surface area contributed by atoms with Gasteiger partial charge in [-0.3, -0.25) is 9.78 Å². The van der Waals surface area contributed by atoms with Gasteiger partial charge in [-0.25, -0.2) is 9.97 Å². The van der Waals surface area contributed by atoms with Crippen molar-refractivity contribution < 1.29 is 4.79 Å². The van der Waals surface area contributed by atoms with E-state index < -0.39 is 0 Å². The van der Waals surface area contributed by atoms with Crippen LogP contribution in [0.3, 0.4) is 0 Å². The summed E-state index contributed by atoms with van der Waals surface area (Å²) >= 11 is 0. The van der Waals surface area contributed by atoms with Crippen LogP contribution in [0.4, 0.5) is 0 Å². The maximum absolute atomic E-state index is 12.4. The number of carbonyl (C=O) groups is 1. The fraction of sp³-hybridized carbons (Fsp3) is 0.0526. The minimum atomic E-state index is -0.135. The molecular formula is C19H14N4O. The number of para-hydroxylation sites is 2. The van der Waals surface area contributed by atoms with Crippen molar-refractivity contribution in [2.75, 3.05) is 0 Å². The predicted octanol–water partition coefficient (Wildman–Crippen LogP) is 3.11. The molecule has 5 heteroatoms. The molecule has 0 fully saturated rings. The van der Waals surface area contributed by atoms with Crippen molar-refractivity contribution in [2.45, 2.75) is 6.54 Å². The molecule has 116 valence electrons. The van der Waals surface area contributed by atoms with Crippen LogP contribution in [-0.4, -0.2) is 20.9 Å². The summed E-state index contributed by atoms with van der Waals surface area (Å²) in [6, 6.07) is 16.8. The monoisotopic (exact) mass is 314 g/mol. The van der Waals surface area contributed by atoms with E-state index in [1.165, 1.54) is 0 Å². The first kappa shape index (κ1) is 14.3. The largest absolute Gasteiger partial charge is 0.348 e. The molecule has 0 aliphatic carbocycles. The van der Waals surface area contributed by atoms with E-state index in [-0.39, 0.29) is 5.91 Å². The summed E-state index contributed by atoms with van der Waals surface area (Å²) in [7, 11) is 0. The van der Waals surface area contributed by atoms with Crippen molar-refractivity contribution in [3.8, 4) is 0 Å². The summed E-state index contributed by atoms with van der Waals surface area (Å²) in [6.07, 6.45) is 3.41. The molecule has 0 unspecified atom stereocenters. The highest BCUT2D eigenvalue weighted by atomic mass is 16.1. The molecule has 2 aromatic carbocycles. The van der Waals surface area contributed by atoms with Crippen molar-refractivity contribution in [3.63, 3.8) is 0 Å². The van der Waals surface area contributed by atoms with Crippen LogP contribution in [0, 0.1) is 0 Å². The molecular weight excluding hydrogens is 300 g/mol. The number of rotatable bonds is 3. The molecule has 2 heterocycles. The Morgan fingerprint density at radius 2 is 1.50 bits per heavy atom. The SMILES string of the molecule is O=C(NCc1ccncc1)c1ccc2nc3ccccc3nc2c1. The highest BCUT2D eigenvalue weighted by molar-refractivity contribution is 5.98. The second-order valence-corrected chi connectivity index (χ2v) is 5.45. The Bertz CT molecular complexity index is 1030. The third-order valence-corrected chi connectivity index (χ3v) is 3.80. The van der Waals surface area contributed by atoms with Gasteiger partial charge >= 0.3 is 0 Å². The molecule has 0 spiro atoms. The Labute approximate surface area is 138 Å². The van der Waals surface area contributed by atoms with E-state index in [1.807, 2.05) is 42.5 Å². The van der Waals surface area contributed by atoms with Crippen LogP contribution >= 0.6 is 0 Å². The van der Waals surface area contributed by atoms with Crippen LogP contribution in [0.25, 0.3) is 22.1 Å². The van der Waals surface area contributed by atoms with Crippen molar-refractivity contribution in [1.29, 1.82) is 0 Å². The normalized spacial score (nSPS) is 10.8. The smallest absolute Gasteiger partial charge is 0.251 e.